The number of nitro benzene ring substituents is 1. The molecule has 0 aliphatic heterocycles. The van der Waals surface area contributed by atoms with E-state index < -0.39 is 10.8 Å². The highest BCUT2D eigenvalue weighted by atomic mass is 16.6. The van der Waals surface area contributed by atoms with E-state index in [4.69, 9.17) is 0 Å². The van der Waals surface area contributed by atoms with Gasteiger partial charge in [-0.1, -0.05) is 42.5 Å². The number of hydrogen-bond acceptors (Lipinski definition) is 3. The molecule has 1 atom stereocenters. The third kappa shape index (κ3) is 4.15. The fourth-order valence-corrected chi connectivity index (χ4v) is 2.23. The highest BCUT2D eigenvalue weighted by Gasteiger charge is 2.20. The lowest BCUT2D eigenvalue weighted by molar-refractivity contribution is -0.385. The Morgan fingerprint density at radius 2 is 1.77 bits per heavy atom. The standard InChI is InChI=1S/C17H18N2O3/c1-13(11-12-14-7-3-2-4-8-14)18-17(20)15-9-5-6-10-16(15)19(21)22/h2-10,13H,11-12H2,1H3,(H,18,20)/t13-/m1/s1. The fraction of sp³-hybridized carbons (Fsp3) is 0.235. The van der Waals surface area contributed by atoms with Crippen LogP contribution in [0.15, 0.2) is 54.6 Å². The molecule has 0 aliphatic carbocycles. The summed E-state index contributed by atoms with van der Waals surface area (Å²) in [6.45, 7) is 1.90. The number of hydrogen-bond donors (Lipinski definition) is 1. The van der Waals surface area contributed by atoms with Gasteiger partial charge in [0, 0.05) is 12.1 Å². The summed E-state index contributed by atoms with van der Waals surface area (Å²) in [5.74, 6) is -0.409. The van der Waals surface area contributed by atoms with Gasteiger partial charge >= 0.3 is 0 Å². The molecule has 0 fully saturated rings. The van der Waals surface area contributed by atoms with Crippen molar-refractivity contribution < 1.29 is 9.72 Å². The molecule has 2 aromatic rings. The van der Waals surface area contributed by atoms with Gasteiger partial charge < -0.3 is 5.32 Å². The minimum Gasteiger partial charge on any atom is -0.349 e. The maximum atomic E-state index is 12.2. The topological polar surface area (TPSA) is 72.2 Å². The molecular weight excluding hydrogens is 280 g/mol. The lowest BCUT2D eigenvalue weighted by Crippen LogP contribution is -2.33. The van der Waals surface area contributed by atoms with Crippen molar-refractivity contribution in [3.8, 4) is 0 Å². The van der Waals surface area contributed by atoms with E-state index in [0.29, 0.717) is 0 Å². The monoisotopic (exact) mass is 298 g/mol. The van der Waals surface area contributed by atoms with Crippen molar-refractivity contribution in [3.05, 3.63) is 75.8 Å². The molecule has 0 spiro atoms. The highest BCUT2D eigenvalue weighted by Crippen LogP contribution is 2.17. The predicted molar refractivity (Wildman–Crippen MR) is 84.8 cm³/mol. The van der Waals surface area contributed by atoms with E-state index in [2.05, 4.69) is 5.32 Å². The van der Waals surface area contributed by atoms with Gasteiger partial charge in [0.1, 0.15) is 5.56 Å². The summed E-state index contributed by atoms with van der Waals surface area (Å²) >= 11 is 0. The Kier molecular flexibility index (Phi) is 5.25. The maximum absolute atomic E-state index is 12.2. The first kappa shape index (κ1) is 15.7. The normalized spacial score (nSPS) is 11.7. The molecule has 0 heterocycles. The minimum atomic E-state index is -0.538. The van der Waals surface area contributed by atoms with Gasteiger partial charge in [-0.15, -0.1) is 0 Å². The smallest absolute Gasteiger partial charge is 0.282 e. The molecule has 2 aromatic carbocycles. The lowest BCUT2D eigenvalue weighted by atomic mass is 10.1. The van der Waals surface area contributed by atoms with Crippen molar-refractivity contribution in [2.45, 2.75) is 25.8 Å². The number of rotatable bonds is 6. The fourth-order valence-electron chi connectivity index (χ4n) is 2.23. The molecule has 0 unspecified atom stereocenters. The number of carbonyl (C=O) groups excluding carboxylic acids is 1. The molecular formula is C17H18N2O3. The van der Waals surface area contributed by atoms with Crippen LogP contribution in [0.5, 0.6) is 0 Å². The summed E-state index contributed by atoms with van der Waals surface area (Å²) in [5.41, 5.74) is 1.13. The number of nitrogens with zero attached hydrogens (tertiary/aromatic N) is 1. The molecule has 0 radical (unpaired) electrons. The number of benzene rings is 2. The van der Waals surface area contributed by atoms with Crippen LogP contribution in [-0.2, 0) is 6.42 Å². The number of nitro groups is 1. The maximum Gasteiger partial charge on any atom is 0.282 e. The molecule has 0 aliphatic rings. The van der Waals surface area contributed by atoms with Gasteiger partial charge in [0.05, 0.1) is 4.92 Å². The largest absolute Gasteiger partial charge is 0.349 e. The SMILES string of the molecule is C[C@H](CCc1ccccc1)NC(=O)c1ccccc1[N+](=O)[O-]. The molecule has 5 heteroatoms. The van der Waals surface area contributed by atoms with Gasteiger partial charge in [0.15, 0.2) is 0 Å². The molecule has 0 saturated heterocycles. The first-order chi connectivity index (χ1) is 10.6. The van der Waals surface area contributed by atoms with Crippen molar-refractivity contribution in [2.75, 3.05) is 0 Å². The molecule has 1 amide bonds. The van der Waals surface area contributed by atoms with Crippen LogP contribution in [0.1, 0.15) is 29.3 Å². The molecule has 22 heavy (non-hydrogen) atoms. The van der Waals surface area contributed by atoms with E-state index in [0.717, 1.165) is 12.8 Å². The van der Waals surface area contributed by atoms with Gasteiger partial charge in [-0.2, -0.15) is 0 Å². The van der Waals surface area contributed by atoms with Gasteiger partial charge in [0.2, 0.25) is 0 Å². The second kappa shape index (κ2) is 7.36. The third-order valence-electron chi connectivity index (χ3n) is 3.43. The van der Waals surface area contributed by atoms with Crippen LogP contribution in [0, 0.1) is 10.1 Å². The Morgan fingerprint density at radius 1 is 1.14 bits per heavy atom. The quantitative estimate of drug-likeness (QED) is 0.656. The number of amides is 1. The number of para-hydroxylation sites is 1. The summed E-state index contributed by atoms with van der Waals surface area (Å²) in [6.07, 6.45) is 1.62. The van der Waals surface area contributed by atoms with E-state index >= 15 is 0 Å². The Hall–Kier alpha value is -2.69. The summed E-state index contributed by atoms with van der Waals surface area (Å²) in [5, 5.41) is 13.8. The van der Waals surface area contributed by atoms with Crippen molar-refractivity contribution >= 4 is 11.6 Å². The van der Waals surface area contributed by atoms with Crippen LogP contribution in [0.4, 0.5) is 5.69 Å². The first-order valence-corrected chi connectivity index (χ1v) is 7.16. The van der Waals surface area contributed by atoms with Crippen LogP contribution < -0.4 is 5.32 Å². The van der Waals surface area contributed by atoms with Crippen molar-refractivity contribution in [3.63, 3.8) is 0 Å². The molecule has 114 valence electrons. The molecule has 5 nitrogen and oxygen atoms in total. The average Bonchev–Trinajstić information content (AvgIpc) is 2.54. The van der Waals surface area contributed by atoms with Gasteiger partial charge in [-0.25, -0.2) is 0 Å². The van der Waals surface area contributed by atoms with Crippen molar-refractivity contribution in [1.29, 1.82) is 0 Å². The van der Waals surface area contributed by atoms with Gasteiger partial charge in [0.25, 0.3) is 11.6 Å². The van der Waals surface area contributed by atoms with Crippen LogP contribution in [0.25, 0.3) is 0 Å². The second-order valence-corrected chi connectivity index (χ2v) is 5.17. The van der Waals surface area contributed by atoms with Crippen LogP contribution in [0.2, 0.25) is 0 Å². The number of nitrogens with one attached hydrogen (secondary N) is 1. The van der Waals surface area contributed by atoms with E-state index in [1.165, 1.54) is 17.7 Å². The summed E-state index contributed by atoms with van der Waals surface area (Å²) in [6, 6.07) is 15.9. The van der Waals surface area contributed by atoms with Crippen molar-refractivity contribution in [2.24, 2.45) is 0 Å². The zero-order chi connectivity index (χ0) is 15.9. The highest BCUT2D eigenvalue weighted by molar-refractivity contribution is 5.98. The van der Waals surface area contributed by atoms with Crippen molar-refractivity contribution in [1.82, 2.24) is 5.32 Å². The zero-order valence-electron chi connectivity index (χ0n) is 12.4. The zero-order valence-corrected chi connectivity index (χ0v) is 12.4. The van der Waals surface area contributed by atoms with Gasteiger partial charge in [-0.3, -0.25) is 14.9 Å². The molecule has 0 saturated carbocycles. The minimum absolute atomic E-state index is 0.0625. The lowest BCUT2D eigenvalue weighted by Gasteiger charge is -2.14. The number of carbonyl (C=O) groups is 1. The Balaban J connectivity index is 1.95. The summed E-state index contributed by atoms with van der Waals surface area (Å²) < 4.78 is 0. The average molecular weight is 298 g/mol. The van der Waals surface area contributed by atoms with Gasteiger partial charge in [-0.05, 0) is 31.4 Å². The Bertz CT molecular complexity index is 656. The Labute approximate surface area is 129 Å². The molecule has 1 N–H and O–H groups in total. The molecule has 2 rings (SSSR count). The van der Waals surface area contributed by atoms with E-state index in [1.807, 2.05) is 37.3 Å². The van der Waals surface area contributed by atoms with Crippen LogP contribution in [-0.4, -0.2) is 16.9 Å². The Morgan fingerprint density at radius 3 is 2.45 bits per heavy atom. The number of aryl methyl sites for hydroxylation is 1. The third-order valence-corrected chi connectivity index (χ3v) is 3.43. The van der Waals surface area contributed by atoms with E-state index in [-0.39, 0.29) is 17.3 Å². The molecule has 0 bridgehead atoms. The van der Waals surface area contributed by atoms with E-state index in [1.54, 1.807) is 12.1 Å². The summed E-state index contributed by atoms with van der Waals surface area (Å²) in [7, 11) is 0. The first-order valence-electron chi connectivity index (χ1n) is 7.16. The van der Waals surface area contributed by atoms with Crippen LogP contribution >= 0.6 is 0 Å². The van der Waals surface area contributed by atoms with E-state index in [9.17, 15) is 14.9 Å². The van der Waals surface area contributed by atoms with Crippen LogP contribution in [0.3, 0.4) is 0 Å². The summed E-state index contributed by atoms with van der Waals surface area (Å²) in [4.78, 5) is 22.6. The molecule has 0 aromatic heterocycles. The predicted octanol–water partition coefficient (Wildman–Crippen LogP) is 3.35. The second-order valence-electron chi connectivity index (χ2n) is 5.17.